The van der Waals surface area contributed by atoms with Crippen molar-refractivity contribution in [2.75, 3.05) is 12.4 Å². The Kier molecular flexibility index (Phi) is 7.10. The van der Waals surface area contributed by atoms with Gasteiger partial charge in [0.15, 0.2) is 0 Å². The summed E-state index contributed by atoms with van der Waals surface area (Å²) in [6.07, 6.45) is 1.00. The quantitative estimate of drug-likeness (QED) is 0.531. The molecule has 0 bridgehead atoms. The maximum Gasteiger partial charge on any atom is 0.237 e. The van der Waals surface area contributed by atoms with E-state index in [1.165, 1.54) is 11.8 Å². The van der Waals surface area contributed by atoms with Crippen molar-refractivity contribution in [3.8, 4) is 11.4 Å². The molecule has 0 unspecified atom stereocenters. The summed E-state index contributed by atoms with van der Waals surface area (Å²) in [4.78, 5) is 12.9. The molecule has 0 spiro atoms. The summed E-state index contributed by atoms with van der Waals surface area (Å²) in [6.45, 7) is 8.14. The van der Waals surface area contributed by atoms with Gasteiger partial charge in [0.25, 0.3) is 0 Å². The van der Waals surface area contributed by atoms with Gasteiger partial charge in [-0.15, -0.1) is 5.10 Å². The molecule has 0 aliphatic carbocycles. The zero-order chi connectivity index (χ0) is 21.7. The van der Waals surface area contributed by atoms with Gasteiger partial charge in [-0.1, -0.05) is 49.9 Å². The van der Waals surface area contributed by atoms with Crippen molar-refractivity contribution in [1.82, 2.24) is 20.2 Å². The number of rotatable bonds is 8. The van der Waals surface area contributed by atoms with Gasteiger partial charge in [-0.3, -0.25) is 4.79 Å². The smallest absolute Gasteiger partial charge is 0.237 e. The number of carbonyl (C=O) groups is 1. The first-order chi connectivity index (χ1) is 14.4. The second-order valence-electron chi connectivity index (χ2n) is 7.19. The fourth-order valence-electron chi connectivity index (χ4n) is 3.08. The number of nitrogens with zero attached hydrogens (tertiary/aromatic N) is 4. The molecular weight excluding hydrogens is 398 g/mol. The van der Waals surface area contributed by atoms with Crippen molar-refractivity contribution in [3.63, 3.8) is 0 Å². The third-order valence-electron chi connectivity index (χ3n) is 5.02. The first-order valence-corrected chi connectivity index (χ1v) is 10.8. The standard InChI is InChI=1S/C22H27N5O2S/c1-6-15(3)17-9-7-8-10-18(17)23-21(28)16(4)30-22-24-25-26-27(22)19-13-14(2)11-12-20(19)29-5/h7-13,15-16H,6H2,1-5H3,(H,23,28)/t15-,16+/m0/s1. The van der Waals surface area contributed by atoms with E-state index in [0.29, 0.717) is 16.8 Å². The highest BCUT2D eigenvalue weighted by Gasteiger charge is 2.22. The average molecular weight is 426 g/mol. The van der Waals surface area contributed by atoms with Crippen molar-refractivity contribution in [2.45, 2.75) is 50.4 Å². The van der Waals surface area contributed by atoms with E-state index in [-0.39, 0.29) is 5.91 Å². The zero-order valence-corrected chi connectivity index (χ0v) is 18.7. The molecule has 0 saturated carbocycles. The normalized spacial score (nSPS) is 13.0. The molecule has 2 atom stereocenters. The van der Waals surface area contributed by atoms with Crippen molar-refractivity contribution in [1.29, 1.82) is 0 Å². The van der Waals surface area contributed by atoms with Gasteiger partial charge in [0, 0.05) is 5.69 Å². The first-order valence-electron chi connectivity index (χ1n) is 9.94. The molecule has 7 nitrogen and oxygen atoms in total. The lowest BCUT2D eigenvalue weighted by Gasteiger charge is -2.17. The minimum atomic E-state index is -0.393. The number of carbonyl (C=O) groups excluding carboxylic acids is 1. The van der Waals surface area contributed by atoms with E-state index in [0.717, 1.165) is 28.9 Å². The maximum atomic E-state index is 12.9. The second-order valence-corrected chi connectivity index (χ2v) is 8.50. The number of aryl methyl sites for hydroxylation is 1. The van der Waals surface area contributed by atoms with Crippen LogP contribution >= 0.6 is 11.8 Å². The molecular formula is C22H27N5O2S. The zero-order valence-electron chi connectivity index (χ0n) is 17.9. The lowest BCUT2D eigenvalue weighted by Crippen LogP contribution is -2.23. The Balaban J connectivity index is 1.79. The number of benzene rings is 2. The van der Waals surface area contributed by atoms with Gasteiger partial charge in [-0.2, -0.15) is 4.68 Å². The minimum Gasteiger partial charge on any atom is -0.494 e. The molecule has 1 N–H and O–H groups in total. The molecule has 0 aliphatic rings. The van der Waals surface area contributed by atoms with Gasteiger partial charge < -0.3 is 10.1 Å². The van der Waals surface area contributed by atoms with Crippen LogP contribution in [0.3, 0.4) is 0 Å². The third-order valence-corrected chi connectivity index (χ3v) is 6.05. The molecule has 0 fully saturated rings. The maximum absolute atomic E-state index is 12.9. The van der Waals surface area contributed by atoms with Crippen LogP contribution in [0.4, 0.5) is 5.69 Å². The lowest BCUT2D eigenvalue weighted by atomic mass is 9.97. The van der Waals surface area contributed by atoms with Crippen LogP contribution in [-0.4, -0.2) is 38.5 Å². The van der Waals surface area contributed by atoms with Gasteiger partial charge in [-0.05, 0) is 65.9 Å². The Bertz CT molecular complexity index is 1020. The number of hydrogen-bond acceptors (Lipinski definition) is 6. The van der Waals surface area contributed by atoms with Crippen molar-refractivity contribution in [2.24, 2.45) is 0 Å². The largest absolute Gasteiger partial charge is 0.494 e. The predicted octanol–water partition coefficient (Wildman–Crippen LogP) is 4.61. The third kappa shape index (κ3) is 4.81. The summed E-state index contributed by atoms with van der Waals surface area (Å²) in [5.74, 6) is 0.932. The highest BCUT2D eigenvalue weighted by atomic mass is 32.2. The molecule has 0 saturated heterocycles. The first kappa shape index (κ1) is 21.8. The molecule has 8 heteroatoms. The van der Waals surface area contributed by atoms with E-state index < -0.39 is 5.25 Å². The Labute approximate surface area is 181 Å². The highest BCUT2D eigenvalue weighted by molar-refractivity contribution is 8.00. The molecule has 1 heterocycles. The summed E-state index contributed by atoms with van der Waals surface area (Å²) in [6, 6.07) is 13.7. The van der Waals surface area contributed by atoms with Gasteiger partial charge in [0.1, 0.15) is 11.4 Å². The number of methoxy groups -OCH3 is 1. The molecule has 2 aromatic carbocycles. The van der Waals surface area contributed by atoms with Crippen LogP contribution in [-0.2, 0) is 4.79 Å². The molecule has 30 heavy (non-hydrogen) atoms. The van der Waals surface area contributed by atoms with Crippen LogP contribution in [0.2, 0.25) is 0 Å². The fourth-order valence-corrected chi connectivity index (χ4v) is 3.88. The molecule has 3 aromatic rings. The number of amides is 1. The average Bonchev–Trinajstić information content (AvgIpc) is 3.21. The van der Waals surface area contributed by atoms with Crippen LogP contribution in [0.5, 0.6) is 5.75 Å². The van der Waals surface area contributed by atoms with E-state index in [4.69, 9.17) is 4.74 Å². The van der Waals surface area contributed by atoms with E-state index in [9.17, 15) is 4.79 Å². The van der Waals surface area contributed by atoms with Gasteiger partial charge in [0.2, 0.25) is 11.1 Å². The monoisotopic (exact) mass is 425 g/mol. The van der Waals surface area contributed by atoms with Crippen LogP contribution in [0, 0.1) is 6.92 Å². The molecule has 3 rings (SSSR count). The van der Waals surface area contributed by atoms with Crippen molar-refractivity contribution < 1.29 is 9.53 Å². The van der Waals surface area contributed by atoms with Crippen molar-refractivity contribution >= 4 is 23.4 Å². The number of tetrazole rings is 1. The van der Waals surface area contributed by atoms with Crippen LogP contribution in [0.25, 0.3) is 5.69 Å². The molecule has 1 aromatic heterocycles. The fraction of sp³-hybridized carbons (Fsp3) is 0.364. The Hall–Kier alpha value is -2.87. The number of aromatic nitrogens is 4. The number of anilines is 1. The van der Waals surface area contributed by atoms with Crippen LogP contribution in [0.15, 0.2) is 47.6 Å². The number of hydrogen-bond donors (Lipinski definition) is 1. The van der Waals surface area contributed by atoms with E-state index >= 15 is 0 Å². The summed E-state index contributed by atoms with van der Waals surface area (Å²) >= 11 is 1.30. The molecule has 0 aliphatic heterocycles. The van der Waals surface area contributed by atoms with Gasteiger partial charge >= 0.3 is 0 Å². The number of ether oxygens (including phenoxy) is 1. The van der Waals surface area contributed by atoms with Gasteiger partial charge in [-0.25, -0.2) is 0 Å². The molecule has 0 radical (unpaired) electrons. The van der Waals surface area contributed by atoms with E-state index in [1.54, 1.807) is 11.8 Å². The lowest BCUT2D eigenvalue weighted by molar-refractivity contribution is -0.115. The van der Waals surface area contributed by atoms with Gasteiger partial charge in [0.05, 0.1) is 12.4 Å². The highest BCUT2D eigenvalue weighted by Crippen LogP contribution is 2.30. The summed E-state index contributed by atoms with van der Waals surface area (Å²) in [5.41, 5.74) is 3.79. The molecule has 158 valence electrons. The Morgan fingerprint density at radius 1 is 1.23 bits per heavy atom. The SMILES string of the molecule is CC[C@H](C)c1ccccc1NC(=O)[C@@H](C)Sc1nnnn1-c1cc(C)ccc1OC. The second kappa shape index (κ2) is 9.75. The van der Waals surface area contributed by atoms with Crippen LogP contribution in [0.1, 0.15) is 44.2 Å². The molecule has 1 amide bonds. The number of nitrogens with one attached hydrogen (secondary N) is 1. The minimum absolute atomic E-state index is 0.0958. The Morgan fingerprint density at radius 2 is 2.00 bits per heavy atom. The van der Waals surface area contributed by atoms with E-state index in [2.05, 4.69) is 40.8 Å². The van der Waals surface area contributed by atoms with E-state index in [1.807, 2.05) is 50.2 Å². The summed E-state index contributed by atoms with van der Waals surface area (Å²) < 4.78 is 7.06. The van der Waals surface area contributed by atoms with Crippen molar-refractivity contribution in [3.05, 3.63) is 53.6 Å². The summed E-state index contributed by atoms with van der Waals surface area (Å²) in [7, 11) is 1.61. The predicted molar refractivity (Wildman–Crippen MR) is 120 cm³/mol. The number of para-hydroxylation sites is 1. The Morgan fingerprint density at radius 3 is 2.73 bits per heavy atom. The number of thioether (sulfide) groups is 1. The van der Waals surface area contributed by atoms with Crippen LogP contribution < -0.4 is 10.1 Å². The summed E-state index contributed by atoms with van der Waals surface area (Å²) in [5, 5.41) is 15.2. The topological polar surface area (TPSA) is 81.9 Å².